The van der Waals surface area contributed by atoms with Crippen LogP contribution < -0.4 is 5.32 Å². The minimum atomic E-state index is -2.51. The van der Waals surface area contributed by atoms with Gasteiger partial charge in [0.25, 0.3) is 11.7 Å². The van der Waals surface area contributed by atoms with E-state index in [-0.39, 0.29) is 12.2 Å². The topological polar surface area (TPSA) is 75.6 Å². The molecule has 5 nitrogen and oxygen atoms in total. The van der Waals surface area contributed by atoms with Gasteiger partial charge in [-0.05, 0) is 48.9 Å². The average molecular weight is 381 g/mol. The van der Waals surface area contributed by atoms with E-state index in [1.807, 2.05) is 0 Å². The molecule has 2 rings (SSSR count). The maximum absolute atomic E-state index is 12.3. The number of amides is 1. The van der Waals surface area contributed by atoms with Crippen molar-refractivity contribution >= 4 is 29.3 Å². The summed E-state index contributed by atoms with van der Waals surface area (Å²) in [5, 5.41) is 11.8. The number of nitrogens with one attached hydrogen (secondary N) is 1. The van der Waals surface area contributed by atoms with Crippen LogP contribution in [0.15, 0.2) is 53.4 Å². The van der Waals surface area contributed by atoms with Crippen molar-refractivity contribution in [1.29, 1.82) is 0 Å². The molecule has 0 heterocycles. The molecule has 0 radical (unpaired) electrons. The number of carbonyl (C=O) groups is 2. The van der Waals surface area contributed by atoms with Gasteiger partial charge in [-0.1, -0.05) is 23.9 Å². The Morgan fingerprint density at radius 1 is 1.12 bits per heavy atom. The van der Waals surface area contributed by atoms with E-state index in [4.69, 9.17) is 4.74 Å². The fraction of sp³-hybridized carbons (Fsp3) is 0.222. The molecule has 2 aromatic carbocycles. The van der Waals surface area contributed by atoms with Gasteiger partial charge in [0.15, 0.2) is 6.10 Å². The molecule has 0 aliphatic heterocycles. The number of halogens is 2. The highest BCUT2D eigenvalue weighted by molar-refractivity contribution is 7.99. The Kier molecular flexibility index (Phi) is 6.97. The third kappa shape index (κ3) is 6.36. The summed E-state index contributed by atoms with van der Waals surface area (Å²) in [7, 11) is 0. The van der Waals surface area contributed by atoms with Crippen molar-refractivity contribution in [3.8, 4) is 5.75 Å². The van der Waals surface area contributed by atoms with Crippen LogP contribution in [0.5, 0.6) is 5.75 Å². The molecule has 8 heteroatoms. The van der Waals surface area contributed by atoms with Crippen LogP contribution in [0.2, 0.25) is 0 Å². The molecule has 138 valence electrons. The van der Waals surface area contributed by atoms with Crippen molar-refractivity contribution < 1.29 is 28.2 Å². The summed E-state index contributed by atoms with van der Waals surface area (Å²) in [5.74, 6) is -3.53. The van der Waals surface area contributed by atoms with E-state index in [2.05, 4.69) is 5.32 Å². The largest absolute Gasteiger partial charge is 0.508 e. The molecule has 0 saturated heterocycles. The zero-order valence-electron chi connectivity index (χ0n) is 13.8. The average Bonchev–Trinajstić information content (AvgIpc) is 2.58. The van der Waals surface area contributed by atoms with E-state index in [0.717, 1.165) is 0 Å². The van der Waals surface area contributed by atoms with Gasteiger partial charge in [0.1, 0.15) is 5.75 Å². The molecule has 0 bridgehead atoms. The van der Waals surface area contributed by atoms with Gasteiger partial charge in [-0.3, -0.25) is 9.59 Å². The van der Waals surface area contributed by atoms with E-state index in [0.29, 0.717) is 27.9 Å². The lowest BCUT2D eigenvalue weighted by Gasteiger charge is -2.14. The normalized spacial score (nSPS) is 11.8. The Bertz CT molecular complexity index is 751. The molecule has 0 aliphatic rings. The van der Waals surface area contributed by atoms with Gasteiger partial charge in [0.05, 0.1) is 6.42 Å². The number of phenols is 1. The number of rotatable bonds is 7. The molecular formula is C18H17F2NO4S. The van der Waals surface area contributed by atoms with Gasteiger partial charge in [0.2, 0.25) is 0 Å². The summed E-state index contributed by atoms with van der Waals surface area (Å²) in [6.07, 6.45) is -1.05. The predicted molar refractivity (Wildman–Crippen MR) is 94.3 cm³/mol. The first-order valence-corrected chi connectivity index (χ1v) is 8.54. The van der Waals surface area contributed by atoms with Crippen molar-refractivity contribution in [2.24, 2.45) is 0 Å². The van der Waals surface area contributed by atoms with Crippen molar-refractivity contribution in [1.82, 2.24) is 0 Å². The van der Waals surface area contributed by atoms with Crippen molar-refractivity contribution in [3.05, 3.63) is 54.1 Å². The van der Waals surface area contributed by atoms with Crippen LogP contribution in [0.25, 0.3) is 0 Å². The molecule has 1 amide bonds. The zero-order chi connectivity index (χ0) is 19.1. The monoisotopic (exact) mass is 381 g/mol. The smallest absolute Gasteiger partial charge is 0.311 e. The summed E-state index contributed by atoms with van der Waals surface area (Å²) >= 11 is 0.411. The number of alkyl halides is 2. The number of benzene rings is 2. The van der Waals surface area contributed by atoms with Gasteiger partial charge in [-0.25, -0.2) is 0 Å². The molecule has 2 aromatic rings. The molecule has 0 saturated carbocycles. The molecule has 1 atom stereocenters. The van der Waals surface area contributed by atoms with E-state index >= 15 is 0 Å². The highest BCUT2D eigenvalue weighted by Gasteiger charge is 2.18. The van der Waals surface area contributed by atoms with E-state index in [1.165, 1.54) is 43.3 Å². The maximum atomic E-state index is 12.3. The van der Waals surface area contributed by atoms with Crippen LogP contribution in [0, 0.1) is 0 Å². The lowest BCUT2D eigenvalue weighted by molar-refractivity contribution is -0.152. The Hall–Kier alpha value is -2.61. The van der Waals surface area contributed by atoms with Gasteiger partial charge >= 0.3 is 5.97 Å². The Labute approximate surface area is 153 Å². The number of esters is 1. The lowest BCUT2D eigenvalue weighted by atomic mass is 10.1. The SMILES string of the molecule is C[C@@H](OC(=O)Cc1ccc(O)cc1)C(=O)Nc1ccc(SC(F)F)cc1. The van der Waals surface area contributed by atoms with Crippen LogP contribution >= 0.6 is 11.8 Å². The van der Waals surface area contributed by atoms with Crippen molar-refractivity contribution in [3.63, 3.8) is 0 Å². The first-order chi connectivity index (χ1) is 12.3. The van der Waals surface area contributed by atoms with Crippen molar-refractivity contribution in [2.75, 3.05) is 5.32 Å². The van der Waals surface area contributed by atoms with Gasteiger partial charge in [-0.15, -0.1) is 0 Å². The number of hydrogen-bond acceptors (Lipinski definition) is 5. The van der Waals surface area contributed by atoms with E-state index < -0.39 is 23.7 Å². The first kappa shape index (κ1) is 19.7. The highest BCUT2D eigenvalue weighted by atomic mass is 32.2. The second-order valence-corrected chi connectivity index (χ2v) is 6.43. The third-order valence-corrected chi connectivity index (χ3v) is 4.03. The van der Waals surface area contributed by atoms with E-state index in [1.54, 1.807) is 12.1 Å². The van der Waals surface area contributed by atoms with Gasteiger partial charge < -0.3 is 15.2 Å². The lowest BCUT2D eigenvalue weighted by Crippen LogP contribution is -2.30. The molecule has 0 unspecified atom stereocenters. The molecular weight excluding hydrogens is 364 g/mol. The molecule has 0 aliphatic carbocycles. The Morgan fingerprint density at radius 3 is 2.31 bits per heavy atom. The minimum absolute atomic E-state index is 0.0303. The van der Waals surface area contributed by atoms with Crippen molar-refractivity contribution in [2.45, 2.75) is 30.1 Å². The highest BCUT2D eigenvalue weighted by Crippen LogP contribution is 2.26. The second-order valence-electron chi connectivity index (χ2n) is 5.37. The van der Waals surface area contributed by atoms with E-state index in [9.17, 15) is 23.5 Å². The van der Waals surface area contributed by atoms with Crippen LogP contribution in [-0.4, -0.2) is 28.8 Å². The van der Waals surface area contributed by atoms with Crippen LogP contribution in [-0.2, 0) is 20.7 Å². The second kappa shape index (κ2) is 9.19. The minimum Gasteiger partial charge on any atom is -0.508 e. The molecule has 0 fully saturated rings. The number of carbonyl (C=O) groups excluding carboxylic acids is 2. The summed E-state index contributed by atoms with van der Waals surface area (Å²) < 4.78 is 29.6. The molecule has 26 heavy (non-hydrogen) atoms. The zero-order valence-corrected chi connectivity index (χ0v) is 14.6. The summed E-state index contributed by atoms with van der Waals surface area (Å²) in [6, 6.07) is 12.0. The molecule has 0 aromatic heterocycles. The maximum Gasteiger partial charge on any atom is 0.311 e. The first-order valence-electron chi connectivity index (χ1n) is 7.66. The number of hydrogen-bond donors (Lipinski definition) is 2. The van der Waals surface area contributed by atoms with Gasteiger partial charge in [-0.2, -0.15) is 8.78 Å². The summed E-state index contributed by atoms with van der Waals surface area (Å²) in [6.45, 7) is 1.44. The predicted octanol–water partition coefficient (Wildman–Crippen LogP) is 3.82. The standard InChI is InChI=1S/C18H17F2NO4S/c1-11(25-16(23)10-12-2-6-14(22)7-3-12)17(24)21-13-4-8-15(9-5-13)26-18(19)20/h2-9,11,18,22H,10H2,1H3,(H,21,24)/t11-/m1/s1. The summed E-state index contributed by atoms with van der Waals surface area (Å²) in [4.78, 5) is 24.3. The number of aromatic hydroxyl groups is 1. The molecule has 0 spiro atoms. The fourth-order valence-electron chi connectivity index (χ4n) is 2.04. The number of ether oxygens (including phenoxy) is 1. The Morgan fingerprint density at radius 2 is 1.73 bits per heavy atom. The number of phenolic OH excluding ortho intramolecular Hbond substituents is 1. The summed E-state index contributed by atoms with van der Waals surface area (Å²) in [5.41, 5.74) is 1.06. The quantitative estimate of drug-likeness (QED) is 0.563. The van der Waals surface area contributed by atoms with Crippen LogP contribution in [0.1, 0.15) is 12.5 Å². The third-order valence-electron chi connectivity index (χ3n) is 3.31. The fourth-order valence-corrected chi connectivity index (χ4v) is 2.54. The number of anilines is 1. The Balaban J connectivity index is 1.84. The van der Waals surface area contributed by atoms with Gasteiger partial charge in [0, 0.05) is 10.6 Å². The van der Waals surface area contributed by atoms with Crippen LogP contribution in [0.4, 0.5) is 14.5 Å². The molecule has 2 N–H and O–H groups in total. The van der Waals surface area contributed by atoms with Crippen LogP contribution in [0.3, 0.4) is 0 Å². The number of thioether (sulfide) groups is 1.